The van der Waals surface area contributed by atoms with Gasteiger partial charge in [-0.2, -0.15) is 0 Å². The van der Waals surface area contributed by atoms with E-state index in [9.17, 15) is 14.4 Å². The zero-order valence-electron chi connectivity index (χ0n) is 19.8. The van der Waals surface area contributed by atoms with Crippen LogP contribution in [-0.2, 0) is 17.9 Å². The van der Waals surface area contributed by atoms with Crippen molar-refractivity contribution in [1.29, 1.82) is 0 Å². The van der Waals surface area contributed by atoms with E-state index in [0.717, 1.165) is 31.2 Å². The standard InChI is InChI=1S/C26H29N5O4/c1-35-20-11-7-8-18(16-20)17-30-26(34)31-22-13-6-5-12-21(22)24(33)29(25(31)28-30)15-14-23(32)27-19-9-3-2-4-10-19/h5-8,11-13,16,19H,2-4,9-10,14-15,17H2,1H3,(H,27,32). The highest BCUT2D eigenvalue weighted by atomic mass is 16.5. The number of fused-ring (bicyclic) bond motifs is 3. The van der Waals surface area contributed by atoms with Gasteiger partial charge in [-0.15, -0.1) is 5.10 Å². The van der Waals surface area contributed by atoms with E-state index in [1.807, 2.05) is 24.3 Å². The highest BCUT2D eigenvalue weighted by molar-refractivity contribution is 5.80. The number of ether oxygens (including phenoxy) is 1. The molecule has 0 bridgehead atoms. The van der Waals surface area contributed by atoms with Gasteiger partial charge in [0.25, 0.3) is 5.56 Å². The lowest BCUT2D eigenvalue weighted by atomic mass is 9.95. The molecule has 0 saturated heterocycles. The van der Waals surface area contributed by atoms with Gasteiger partial charge in [0.2, 0.25) is 11.7 Å². The Balaban J connectivity index is 1.51. The number of para-hydroxylation sites is 1. The van der Waals surface area contributed by atoms with Crippen molar-refractivity contribution in [2.75, 3.05) is 7.11 Å². The average molecular weight is 476 g/mol. The van der Waals surface area contributed by atoms with Crippen LogP contribution in [0.2, 0.25) is 0 Å². The van der Waals surface area contributed by atoms with Gasteiger partial charge in [-0.3, -0.25) is 14.2 Å². The highest BCUT2D eigenvalue weighted by Crippen LogP contribution is 2.18. The second-order valence-corrected chi connectivity index (χ2v) is 9.05. The molecule has 2 aromatic heterocycles. The summed E-state index contributed by atoms with van der Waals surface area (Å²) in [7, 11) is 1.59. The predicted octanol–water partition coefficient (Wildman–Crippen LogP) is 2.71. The molecule has 35 heavy (non-hydrogen) atoms. The molecule has 1 aliphatic carbocycles. The fourth-order valence-electron chi connectivity index (χ4n) is 4.88. The number of hydrogen-bond acceptors (Lipinski definition) is 5. The summed E-state index contributed by atoms with van der Waals surface area (Å²) in [6.07, 6.45) is 5.60. The molecule has 9 heteroatoms. The van der Waals surface area contributed by atoms with Gasteiger partial charge in [-0.25, -0.2) is 13.9 Å². The summed E-state index contributed by atoms with van der Waals surface area (Å²) in [5.74, 6) is 0.825. The number of nitrogens with zero attached hydrogens (tertiary/aromatic N) is 4. The van der Waals surface area contributed by atoms with Crippen LogP contribution < -0.4 is 21.3 Å². The SMILES string of the molecule is COc1cccc(Cn2nc3n(CCC(=O)NC4CCCCC4)c(=O)c4ccccc4n3c2=O)c1. The number of aryl methyl sites for hydroxylation is 1. The number of rotatable bonds is 7. The Labute approximate surface area is 201 Å². The first kappa shape index (κ1) is 22.9. The maximum Gasteiger partial charge on any atom is 0.352 e. The number of nitrogens with one attached hydrogen (secondary N) is 1. The molecule has 0 unspecified atom stereocenters. The van der Waals surface area contributed by atoms with Gasteiger partial charge in [0.05, 0.1) is 24.6 Å². The van der Waals surface area contributed by atoms with Crippen LogP contribution in [0.15, 0.2) is 58.1 Å². The molecule has 1 N–H and O–H groups in total. The van der Waals surface area contributed by atoms with Crippen molar-refractivity contribution in [3.8, 4) is 5.75 Å². The van der Waals surface area contributed by atoms with Crippen LogP contribution in [0.1, 0.15) is 44.1 Å². The van der Waals surface area contributed by atoms with E-state index in [0.29, 0.717) is 16.7 Å². The first-order chi connectivity index (χ1) is 17.0. The molecule has 1 saturated carbocycles. The van der Waals surface area contributed by atoms with Crippen molar-refractivity contribution < 1.29 is 9.53 Å². The van der Waals surface area contributed by atoms with E-state index < -0.39 is 0 Å². The third-order valence-electron chi connectivity index (χ3n) is 6.68. The lowest BCUT2D eigenvalue weighted by Crippen LogP contribution is -2.37. The Hall–Kier alpha value is -3.88. The summed E-state index contributed by atoms with van der Waals surface area (Å²) in [6, 6.07) is 14.6. The third kappa shape index (κ3) is 4.58. The molecule has 0 aliphatic heterocycles. The first-order valence-electron chi connectivity index (χ1n) is 12.1. The number of amides is 1. The van der Waals surface area contributed by atoms with Crippen molar-refractivity contribution in [3.05, 3.63) is 74.9 Å². The molecule has 1 fully saturated rings. The minimum Gasteiger partial charge on any atom is -0.497 e. The van der Waals surface area contributed by atoms with E-state index in [1.165, 1.54) is 20.1 Å². The van der Waals surface area contributed by atoms with Crippen LogP contribution in [0.4, 0.5) is 0 Å². The molecule has 1 aliphatic rings. The Morgan fingerprint density at radius 3 is 2.69 bits per heavy atom. The van der Waals surface area contributed by atoms with Gasteiger partial charge in [0.15, 0.2) is 0 Å². The summed E-state index contributed by atoms with van der Waals surface area (Å²) in [6.45, 7) is 0.365. The second-order valence-electron chi connectivity index (χ2n) is 9.05. The monoisotopic (exact) mass is 475 g/mol. The zero-order valence-corrected chi connectivity index (χ0v) is 19.8. The summed E-state index contributed by atoms with van der Waals surface area (Å²) in [5, 5.41) is 8.03. The van der Waals surface area contributed by atoms with Gasteiger partial charge < -0.3 is 10.1 Å². The molecule has 0 radical (unpaired) electrons. The molecular formula is C26H29N5O4. The van der Waals surface area contributed by atoms with Crippen molar-refractivity contribution in [2.24, 2.45) is 0 Å². The van der Waals surface area contributed by atoms with Crippen LogP contribution >= 0.6 is 0 Å². The van der Waals surface area contributed by atoms with E-state index in [1.54, 1.807) is 31.4 Å². The molecule has 2 aromatic carbocycles. The number of carbonyl (C=O) groups is 1. The Bertz CT molecular complexity index is 1490. The molecule has 0 atom stereocenters. The van der Waals surface area contributed by atoms with Crippen molar-refractivity contribution in [3.63, 3.8) is 0 Å². The van der Waals surface area contributed by atoms with Gasteiger partial charge in [0.1, 0.15) is 5.75 Å². The van der Waals surface area contributed by atoms with Crippen molar-refractivity contribution >= 4 is 22.6 Å². The fourth-order valence-corrected chi connectivity index (χ4v) is 4.88. The first-order valence-corrected chi connectivity index (χ1v) is 12.1. The molecule has 1 amide bonds. The van der Waals surface area contributed by atoms with E-state index in [4.69, 9.17) is 4.74 Å². The van der Waals surface area contributed by atoms with E-state index in [2.05, 4.69) is 10.4 Å². The largest absolute Gasteiger partial charge is 0.497 e. The Morgan fingerprint density at radius 2 is 1.89 bits per heavy atom. The van der Waals surface area contributed by atoms with Crippen LogP contribution in [0.5, 0.6) is 5.75 Å². The van der Waals surface area contributed by atoms with Gasteiger partial charge >= 0.3 is 5.69 Å². The minimum absolute atomic E-state index is 0.0896. The summed E-state index contributed by atoms with van der Waals surface area (Å²) < 4.78 is 9.52. The summed E-state index contributed by atoms with van der Waals surface area (Å²) in [4.78, 5) is 39.4. The lowest BCUT2D eigenvalue weighted by Gasteiger charge is -2.22. The topological polar surface area (TPSA) is 99.6 Å². The Morgan fingerprint density at radius 1 is 1.09 bits per heavy atom. The number of methoxy groups -OCH3 is 1. The van der Waals surface area contributed by atoms with Crippen LogP contribution in [0.3, 0.4) is 0 Å². The van der Waals surface area contributed by atoms with Gasteiger partial charge in [-0.1, -0.05) is 43.5 Å². The van der Waals surface area contributed by atoms with Crippen LogP contribution in [0, 0.1) is 0 Å². The lowest BCUT2D eigenvalue weighted by molar-refractivity contribution is -0.122. The Kier molecular flexibility index (Phi) is 6.39. The molecule has 9 nitrogen and oxygen atoms in total. The molecule has 0 spiro atoms. The summed E-state index contributed by atoms with van der Waals surface area (Å²) in [5.41, 5.74) is 0.730. The quantitative estimate of drug-likeness (QED) is 0.443. The molecule has 5 rings (SSSR count). The zero-order chi connectivity index (χ0) is 24.4. The van der Waals surface area contributed by atoms with Crippen molar-refractivity contribution in [2.45, 2.75) is 57.7 Å². The number of hydrogen-bond donors (Lipinski definition) is 1. The van der Waals surface area contributed by atoms with Gasteiger partial charge in [0, 0.05) is 19.0 Å². The minimum atomic E-state index is -0.348. The summed E-state index contributed by atoms with van der Waals surface area (Å²) >= 11 is 0. The smallest absolute Gasteiger partial charge is 0.352 e. The van der Waals surface area contributed by atoms with Crippen LogP contribution in [-0.4, -0.2) is 37.8 Å². The van der Waals surface area contributed by atoms with Gasteiger partial charge in [-0.05, 0) is 42.7 Å². The van der Waals surface area contributed by atoms with E-state index in [-0.39, 0.29) is 48.5 Å². The number of benzene rings is 2. The predicted molar refractivity (Wildman–Crippen MR) is 133 cm³/mol. The maximum absolute atomic E-state index is 13.4. The van der Waals surface area contributed by atoms with E-state index >= 15 is 0 Å². The van der Waals surface area contributed by atoms with Crippen LogP contribution in [0.25, 0.3) is 16.7 Å². The maximum atomic E-state index is 13.4. The molecule has 182 valence electrons. The second kappa shape index (κ2) is 9.77. The third-order valence-corrected chi connectivity index (χ3v) is 6.68. The highest BCUT2D eigenvalue weighted by Gasteiger charge is 2.20. The number of aromatic nitrogens is 4. The molecular weight excluding hydrogens is 446 g/mol. The van der Waals surface area contributed by atoms with Crippen molar-refractivity contribution in [1.82, 2.24) is 24.1 Å². The normalized spacial score (nSPS) is 14.4. The molecule has 2 heterocycles. The molecule has 4 aromatic rings. The number of carbonyl (C=O) groups excluding carboxylic acids is 1. The average Bonchev–Trinajstić information content (AvgIpc) is 3.20. The fraction of sp³-hybridized carbons (Fsp3) is 0.385.